The van der Waals surface area contributed by atoms with E-state index in [4.69, 9.17) is 4.74 Å². The molecule has 0 saturated carbocycles. The Bertz CT molecular complexity index is 564. The van der Waals surface area contributed by atoms with E-state index in [9.17, 15) is 0 Å². The van der Waals surface area contributed by atoms with Crippen molar-refractivity contribution in [1.82, 2.24) is 5.32 Å². The van der Waals surface area contributed by atoms with E-state index in [-0.39, 0.29) is 6.10 Å². The van der Waals surface area contributed by atoms with Gasteiger partial charge < -0.3 is 10.1 Å². The summed E-state index contributed by atoms with van der Waals surface area (Å²) in [4.78, 5) is 0. The molecule has 2 nitrogen and oxygen atoms in total. The van der Waals surface area contributed by atoms with Gasteiger partial charge in [-0.25, -0.2) is 0 Å². The zero-order chi connectivity index (χ0) is 14.7. The van der Waals surface area contributed by atoms with Gasteiger partial charge in [0.2, 0.25) is 0 Å². The molecule has 0 atom stereocenters. The second-order valence-corrected chi connectivity index (χ2v) is 6.07. The molecule has 1 aliphatic rings. The van der Waals surface area contributed by atoms with Gasteiger partial charge in [0.25, 0.3) is 0 Å². The SMILES string of the molecule is CC(C)Oc1ccc(CNC2Cc3ccccc3C2)cc1. The lowest BCUT2D eigenvalue weighted by molar-refractivity contribution is 0.242. The molecule has 0 aliphatic heterocycles. The van der Waals surface area contributed by atoms with E-state index in [0.29, 0.717) is 6.04 Å². The highest BCUT2D eigenvalue weighted by Crippen LogP contribution is 2.22. The molecule has 0 heterocycles. The molecule has 21 heavy (non-hydrogen) atoms. The molecular formula is C19H23NO. The Morgan fingerprint density at radius 1 is 1.00 bits per heavy atom. The first-order valence-electron chi connectivity index (χ1n) is 7.76. The molecule has 3 rings (SSSR count). The summed E-state index contributed by atoms with van der Waals surface area (Å²) in [6.07, 6.45) is 2.51. The highest BCUT2D eigenvalue weighted by atomic mass is 16.5. The molecule has 2 aromatic rings. The molecule has 0 spiro atoms. The molecule has 0 bridgehead atoms. The lowest BCUT2D eigenvalue weighted by Crippen LogP contribution is -2.28. The minimum absolute atomic E-state index is 0.228. The summed E-state index contributed by atoms with van der Waals surface area (Å²) in [7, 11) is 0. The van der Waals surface area contributed by atoms with Crippen molar-refractivity contribution in [2.75, 3.05) is 0 Å². The number of nitrogens with one attached hydrogen (secondary N) is 1. The third-order valence-electron chi connectivity index (χ3n) is 3.94. The molecule has 0 aromatic heterocycles. The van der Waals surface area contributed by atoms with Gasteiger partial charge in [-0.1, -0.05) is 36.4 Å². The van der Waals surface area contributed by atoms with Crippen molar-refractivity contribution in [3.63, 3.8) is 0 Å². The fourth-order valence-corrected chi connectivity index (χ4v) is 2.92. The van der Waals surface area contributed by atoms with Gasteiger partial charge in [0.1, 0.15) is 5.75 Å². The highest BCUT2D eigenvalue weighted by molar-refractivity contribution is 5.33. The number of hydrogen-bond acceptors (Lipinski definition) is 2. The fourth-order valence-electron chi connectivity index (χ4n) is 2.92. The van der Waals surface area contributed by atoms with E-state index < -0.39 is 0 Å². The van der Waals surface area contributed by atoms with Crippen LogP contribution in [0.2, 0.25) is 0 Å². The van der Waals surface area contributed by atoms with Gasteiger partial charge in [-0.15, -0.1) is 0 Å². The Labute approximate surface area is 127 Å². The van der Waals surface area contributed by atoms with E-state index in [2.05, 4.69) is 53.8 Å². The maximum absolute atomic E-state index is 5.67. The van der Waals surface area contributed by atoms with Crippen molar-refractivity contribution in [3.05, 3.63) is 65.2 Å². The van der Waals surface area contributed by atoms with Crippen LogP contribution in [-0.2, 0) is 19.4 Å². The molecule has 0 saturated heterocycles. The van der Waals surface area contributed by atoms with E-state index in [1.807, 2.05) is 13.8 Å². The van der Waals surface area contributed by atoms with Gasteiger partial charge in [-0.3, -0.25) is 0 Å². The quantitative estimate of drug-likeness (QED) is 0.901. The predicted molar refractivity (Wildman–Crippen MR) is 86.7 cm³/mol. The van der Waals surface area contributed by atoms with E-state index in [0.717, 1.165) is 25.1 Å². The third kappa shape index (κ3) is 3.64. The lowest BCUT2D eigenvalue weighted by Gasteiger charge is -2.13. The Morgan fingerprint density at radius 3 is 2.19 bits per heavy atom. The first-order valence-corrected chi connectivity index (χ1v) is 7.76. The van der Waals surface area contributed by atoms with Crippen LogP contribution in [0, 0.1) is 0 Å². The Hall–Kier alpha value is -1.80. The summed E-state index contributed by atoms with van der Waals surface area (Å²) in [5, 5.41) is 3.66. The van der Waals surface area contributed by atoms with Crippen LogP contribution in [0.4, 0.5) is 0 Å². The predicted octanol–water partition coefficient (Wildman–Crippen LogP) is 3.73. The Kier molecular flexibility index (Phi) is 4.26. The van der Waals surface area contributed by atoms with Crippen LogP contribution >= 0.6 is 0 Å². The minimum atomic E-state index is 0.228. The van der Waals surface area contributed by atoms with Gasteiger partial charge in [-0.2, -0.15) is 0 Å². The molecule has 110 valence electrons. The number of rotatable bonds is 5. The average molecular weight is 281 g/mol. The van der Waals surface area contributed by atoms with Gasteiger partial charge >= 0.3 is 0 Å². The van der Waals surface area contributed by atoms with Crippen LogP contribution in [0.1, 0.15) is 30.5 Å². The third-order valence-corrected chi connectivity index (χ3v) is 3.94. The van der Waals surface area contributed by atoms with Crippen molar-refractivity contribution in [2.45, 2.75) is 45.4 Å². The molecule has 0 unspecified atom stereocenters. The van der Waals surface area contributed by atoms with Crippen LogP contribution < -0.4 is 10.1 Å². The summed E-state index contributed by atoms with van der Waals surface area (Å²) < 4.78 is 5.67. The first kappa shape index (κ1) is 14.2. The smallest absolute Gasteiger partial charge is 0.119 e. The van der Waals surface area contributed by atoms with Crippen molar-refractivity contribution in [1.29, 1.82) is 0 Å². The summed E-state index contributed by atoms with van der Waals surface area (Å²) >= 11 is 0. The van der Waals surface area contributed by atoms with Crippen LogP contribution in [0.15, 0.2) is 48.5 Å². The lowest BCUT2D eigenvalue weighted by atomic mass is 10.1. The Balaban J connectivity index is 1.52. The van der Waals surface area contributed by atoms with Crippen molar-refractivity contribution < 1.29 is 4.74 Å². The monoisotopic (exact) mass is 281 g/mol. The molecule has 1 aliphatic carbocycles. The molecular weight excluding hydrogens is 258 g/mol. The van der Waals surface area contributed by atoms with Gasteiger partial charge in [0, 0.05) is 12.6 Å². The van der Waals surface area contributed by atoms with Gasteiger partial charge in [-0.05, 0) is 55.5 Å². The molecule has 0 radical (unpaired) electrons. The second-order valence-electron chi connectivity index (χ2n) is 6.07. The summed E-state index contributed by atoms with van der Waals surface area (Å²) in [6, 6.07) is 17.7. The average Bonchev–Trinajstić information content (AvgIpc) is 2.89. The van der Waals surface area contributed by atoms with E-state index in [1.165, 1.54) is 16.7 Å². The first-order chi connectivity index (χ1) is 10.2. The zero-order valence-electron chi connectivity index (χ0n) is 12.8. The van der Waals surface area contributed by atoms with Gasteiger partial charge in [0.15, 0.2) is 0 Å². The maximum Gasteiger partial charge on any atom is 0.119 e. The van der Waals surface area contributed by atoms with Crippen LogP contribution in [0.3, 0.4) is 0 Å². The largest absolute Gasteiger partial charge is 0.491 e. The number of fused-ring (bicyclic) bond motifs is 1. The van der Waals surface area contributed by atoms with Crippen LogP contribution in [-0.4, -0.2) is 12.1 Å². The normalized spacial score (nSPS) is 14.4. The van der Waals surface area contributed by atoms with Crippen molar-refractivity contribution in [3.8, 4) is 5.75 Å². The van der Waals surface area contributed by atoms with Crippen LogP contribution in [0.25, 0.3) is 0 Å². The molecule has 0 amide bonds. The minimum Gasteiger partial charge on any atom is -0.491 e. The van der Waals surface area contributed by atoms with E-state index >= 15 is 0 Å². The number of hydrogen-bond donors (Lipinski definition) is 1. The topological polar surface area (TPSA) is 21.3 Å². The second kappa shape index (κ2) is 6.31. The van der Waals surface area contributed by atoms with Crippen molar-refractivity contribution in [2.24, 2.45) is 0 Å². The fraction of sp³-hybridized carbons (Fsp3) is 0.368. The zero-order valence-corrected chi connectivity index (χ0v) is 12.8. The van der Waals surface area contributed by atoms with Gasteiger partial charge in [0.05, 0.1) is 6.10 Å². The Morgan fingerprint density at radius 2 is 1.62 bits per heavy atom. The summed E-state index contributed by atoms with van der Waals surface area (Å²) in [5.74, 6) is 0.946. The number of benzene rings is 2. The van der Waals surface area contributed by atoms with Crippen molar-refractivity contribution >= 4 is 0 Å². The molecule has 0 fully saturated rings. The number of ether oxygens (including phenoxy) is 1. The maximum atomic E-state index is 5.67. The molecule has 1 N–H and O–H groups in total. The standard InChI is InChI=1S/C19H23NO/c1-14(2)21-19-9-7-15(8-10-19)13-20-18-11-16-5-3-4-6-17(16)12-18/h3-10,14,18,20H,11-13H2,1-2H3. The molecule has 2 heteroatoms. The van der Waals surface area contributed by atoms with Crippen LogP contribution in [0.5, 0.6) is 5.75 Å². The molecule has 2 aromatic carbocycles. The summed E-state index contributed by atoms with van der Waals surface area (Å²) in [5.41, 5.74) is 4.30. The highest BCUT2D eigenvalue weighted by Gasteiger charge is 2.19. The summed E-state index contributed by atoms with van der Waals surface area (Å²) in [6.45, 7) is 5.01. The van der Waals surface area contributed by atoms with E-state index in [1.54, 1.807) is 0 Å².